The van der Waals surface area contributed by atoms with Crippen LogP contribution in [0.15, 0.2) is 146 Å². The van der Waals surface area contributed by atoms with Gasteiger partial charge >= 0.3 is 0 Å². The monoisotopic (exact) mass is 1090 g/mol. The van der Waals surface area contributed by atoms with E-state index < -0.39 is 0 Å². The van der Waals surface area contributed by atoms with E-state index in [0.29, 0.717) is 0 Å². The quantitative estimate of drug-likeness (QED) is 0.0393. The topological polar surface area (TPSA) is 25.8 Å². The molecule has 82 heavy (non-hydrogen) atoms. The van der Waals surface area contributed by atoms with E-state index in [2.05, 4.69) is 187 Å². The number of rotatable bonds is 32. The van der Waals surface area contributed by atoms with Gasteiger partial charge in [-0.2, -0.15) is 0 Å². The van der Waals surface area contributed by atoms with Crippen LogP contribution in [0.3, 0.4) is 0 Å². The zero-order chi connectivity index (χ0) is 56.7. The summed E-state index contributed by atoms with van der Waals surface area (Å²) in [7, 11) is 0. The molecule has 0 N–H and O–H groups in total. The fraction of sp³-hybridized carbons (Fsp3) is 0.450. The first-order valence-corrected chi connectivity index (χ1v) is 33.3. The van der Waals surface area contributed by atoms with E-state index in [4.69, 9.17) is 9.97 Å². The normalized spacial score (nSPS) is 13.6. The van der Waals surface area contributed by atoms with E-state index in [1.807, 2.05) is 0 Å². The molecule has 1 aromatic heterocycles. The summed E-state index contributed by atoms with van der Waals surface area (Å²) < 4.78 is 0. The van der Waals surface area contributed by atoms with Gasteiger partial charge in [-0.05, 0) is 107 Å². The van der Waals surface area contributed by atoms with Gasteiger partial charge in [0.15, 0.2) is 0 Å². The summed E-state index contributed by atoms with van der Waals surface area (Å²) in [5.41, 5.74) is 25.4. The van der Waals surface area contributed by atoms with Crippen molar-refractivity contribution < 1.29 is 0 Å². The molecule has 0 saturated heterocycles. The lowest BCUT2D eigenvalue weighted by atomic mass is 9.70. The second kappa shape index (κ2) is 28.4. The van der Waals surface area contributed by atoms with E-state index in [1.165, 1.54) is 235 Å². The Labute approximate surface area is 496 Å². The average molecular weight is 1090 g/mol. The van der Waals surface area contributed by atoms with Crippen LogP contribution in [0.2, 0.25) is 0 Å². The minimum absolute atomic E-state index is 0.0304. The Kier molecular flexibility index (Phi) is 20.5. The molecule has 0 aliphatic heterocycles. The molecule has 1 heterocycles. The van der Waals surface area contributed by atoms with E-state index in [-0.39, 0.29) is 10.8 Å². The van der Waals surface area contributed by atoms with Crippen molar-refractivity contribution in [3.63, 3.8) is 0 Å². The third kappa shape index (κ3) is 12.8. The lowest BCUT2D eigenvalue weighted by molar-refractivity contribution is 0.398. The van der Waals surface area contributed by atoms with Crippen LogP contribution in [0.25, 0.3) is 78.1 Å². The standard InChI is InChI=1S/C80H98N2/c1-7-11-15-19-23-33-51-79(52-34-24-20-16-12-8-2)71-55-59(5)41-45-67(71)69-47-43-63(57-73(69)79)65-49-50-66(78-77(65)81-75(61-37-29-27-30-38-61)76(82-78)62-39-31-28-32-40-62)64-44-48-70-68-46-42-60(6)56-72(68)80(74(70)58-64,53-35-25-21-17-13-9-3)54-36-26-22-18-14-10-4/h27-32,37-50,55-58H,7-26,33-36,51-54H2,1-6H3. The Morgan fingerprint density at radius 1 is 0.268 bits per heavy atom. The van der Waals surface area contributed by atoms with Gasteiger partial charge in [0, 0.05) is 33.1 Å². The molecule has 2 aliphatic rings. The summed E-state index contributed by atoms with van der Waals surface area (Å²) in [4.78, 5) is 11.9. The molecule has 0 fully saturated rings. The van der Waals surface area contributed by atoms with Crippen molar-refractivity contribution >= 4 is 11.0 Å². The van der Waals surface area contributed by atoms with Crippen molar-refractivity contribution in [1.29, 1.82) is 0 Å². The van der Waals surface area contributed by atoms with Crippen LogP contribution in [0.4, 0.5) is 0 Å². The summed E-state index contributed by atoms with van der Waals surface area (Å²) in [5, 5.41) is 0. The molecule has 2 nitrogen and oxygen atoms in total. The van der Waals surface area contributed by atoms with Gasteiger partial charge in [-0.25, -0.2) is 9.97 Å². The van der Waals surface area contributed by atoms with Crippen LogP contribution in [-0.4, -0.2) is 9.97 Å². The first-order valence-electron chi connectivity index (χ1n) is 33.3. The predicted octanol–water partition coefficient (Wildman–Crippen LogP) is 24.5. The van der Waals surface area contributed by atoms with E-state index in [9.17, 15) is 0 Å². The number of nitrogens with zero attached hydrogens (tertiary/aromatic N) is 2. The van der Waals surface area contributed by atoms with Crippen molar-refractivity contribution in [3.8, 4) is 67.0 Å². The fourth-order valence-electron chi connectivity index (χ4n) is 14.9. The Balaban J connectivity index is 1.15. The predicted molar refractivity (Wildman–Crippen MR) is 355 cm³/mol. The third-order valence-electron chi connectivity index (χ3n) is 19.4. The van der Waals surface area contributed by atoms with E-state index in [0.717, 1.165) is 44.7 Å². The maximum Gasteiger partial charge on any atom is 0.0979 e. The van der Waals surface area contributed by atoms with Crippen LogP contribution < -0.4 is 0 Å². The molecule has 0 atom stereocenters. The van der Waals surface area contributed by atoms with Gasteiger partial charge in [-0.15, -0.1) is 0 Å². The van der Waals surface area contributed by atoms with Crippen LogP contribution >= 0.6 is 0 Å². The minimum atomic E-state index is -0.0304. The molecule has 2 heteroatoms. The van der Waals surface area contributed by atoms with Gasteiger partial charge in [-0.1, -0.05) is 326 Å². The van der Waals surface area contributed by atoms with Crippen LogP contribution in [0, 0.1) is 13.8 Å². The number of fused-ring (bicyclic) bond motifs is 7. The molecule has 10 rings (SSSR count). The smallest absolute Gasteiger partial charge is 0.0979 e. The van der Waals surface area contributed by atoms with Crippen molar-refractivity contribution in [2.75, 3.05) is 0 Å². The molecule has 0 bridgehead atoms. The Morgan fingerprint density at radius 3 is 0.878 bits per heavy atom. The van der Waals surface area contributed by atoms with Gasteiger partial charge in [-0.3, -0.25) is 0 Å². The fourth-order valence-corrected chi connectivity index (χ4v) is 14.9. The van der Waals surface area contributed by atoms with Gasteiger partial charge < -0.3 is 0 Å². The number of aryl methyl sites for hydroxylation is 2. The lowest BCUT2D eigenvalue weighted by Gasteiger charge is -2.33. The molecule has 7 aromatic carbocycles. The second-order valence-corrected chi connectivity index (χ2v) is 25.4. The zero-order valence-electron chi connectivity index (χ0n) is 51.5. The average Bonchev–Trinajstić information content (AvgIpc) is 3.52. The maximum atomic E-state index is 5.96. The largest absolute Gasteiger partial charge is 0.243 e. The van der Waals surface area contributed by atoms with Crippen molar-refractivity contribution in [2.24, 2.45) is 0 Å². The lowest BCUT2D eigenvalue weighted by Crippen LogP contribution is -2.25. The first-order chi connectivity index (χ1) is 40.3. The summed E-state index contributed by atoms with van der Waals surface area (Å²) in [6.45, 7) is 14.0. The van der Waals surface area contributed by atoms with Gasteiger partial charge in [0.1, 0.15) is 0 Å². The second-order valence-electron chi connectivity index (χ2n) is 25.4. The van der Waals surface area contributed by atoms with Gasteiger partial charge in [0.05, 0.1) is 22.4 Å². The molecular weight excluding hydrogens is 989 g/mol. The summed E-state index contributed by atoms with van der Waals surface area (Å²) in [5.74, 6) is 0. The highest BCUT2D eigenvalue weighted by Gasteiger charge is 2.44. The van der Waals surface area contributed by atoms with Crippen molar-refractivity contribution in [2.45, 2.75) is 232 Å². The number of hydrogen-bond acceptors (Lipinski definition) is 2. The SMILES string of the molecule is CCCCCCCCC1(CCCCCCCC)c2cc(C)ccc2-c2ccc(-c3ccc(-c4ccc5c(c4)C(CCCCCCCC)(CCCCCCCC)c4cc(C)ccc4-5)c4nc(-c5ccccc5)c(-c5ccccc5)nc34)cc21. The molecule has 8 aromatic rings. The highest BCUT2D eigenvalue weighted by atomic mass is 14.8. The molecule has 428 valence electrons. The van der Waals surface area contributed by atoms with Crippen molar-refractivity contribution in [3.05, 3.63) is 179 Å². The Morgan fingerprint density at radius 2 is 0.549 bits per heavy atom. The molecule has 0 amide bonds. The molecular formula is C80H98N2. The molecule has 0 radical (unpaired) electrons. The number of hydrogen-bond donors (Lipinski definition) is 0. The maximum absolute atomic E-state index is 5.96. The van der Waals surface area contributed by atoms with Gasteiger partial charge in [0.25, 0.3) is 0 Å². The Bertz CT molecular complexity index is 3090. The Hall–Kier alpha value is -6.12. The molecule has 2 aliphatic carbocycles. The van der Waals surface area contributed by atoms with Gasteiger partial charge in [0.2, 0.25) is 0 Å². The first kappa shape index (κ1) is 59.1. The highest BCUT2D eigenvalue weighted by Crippen LogP contribution is 2.58. The van der Waals surface area contributed by atoms with Crippen LogP contribution in [-0.2, 0) is 10.8 Å². The van der Waals surface area contributed by atoms with E-state index in [1.54, 1.807) is 11.1 Å². The minimum Gasteiger partial charge on any atom is -0.243 e. The highest BCUT2D eigenvalue weighted by molar-refractivity contribution is 6.04. The summed E-state index contributed by atoms with van der Waals surface area (Å²) >= 11 is 0. The van der Waals surface area contributed by atoms with Crippen molar-refractivity contribution in [1.82, 2.24) is 9.97 Å². The third-order valence-corrected chi connectivity index (χ3v) is 19.4. The number of benzene rings is 7. The summed E-state index contributed by atoms with van der Waals surface area (Å²) in [6.07, 6.45) is 36.2. The number of unbranched alkanes of at least 4 members (excludes halogenated alkanes) is 20. The zero-order valence-corrected chi connectivity index (χ0v) is 51.5. The molecule has 0 spiro atoms. The van der Waals surface area contributed by atoms with Crippen LogP contribution in [0.1, 0.15) is 241 Å². The molecule has 0 saturated carbocycles. The van der Waals surface area contributed by atoms with Crippen LogP contribution in [0.5, 0.6) is 0 Å². The summed E-state index contributed by atoms with van der Waals surface area (Å²) in [6, 6.07) is 56.3. The number of aromatic nitrogens is 2. The van der Waals surface area contributed by atoms with E-state index >= 15 is 0 Å². The molecule has 0 unspecified atom stereocenters.